The SMILES string of the molecule is CCC1(CC)Oc2ccc(N(C=O)CC3(C)COC3)cc2O1. The van der Waals surface area contributed by atoms with Crippen LogP contribution in [0.3, 0.4) is 0 Å². The van der Waals surface area contributed by atoms with Gasteiger partial charge in [-0.2, -0.15) is 0 Å². The van der Waals surface area contributed by atoms with Crippen molar-refractivity contribution in [2.24, 2.45) is 5.41 Å². The van der Waals surface area contributed by atoms with Crippen LogP contribution in [-0.4, -0.2) is 32.0 Å². The minimum absolute atomic E-state index is 0.0356. The van der Waals surface area contributed by atoms with Crippen molar-refractivity contribution in [1.29, 1.82) is 0 Å². The van der Waals surface area contributed by atoms with Crippen LogP contribution in [0.15, 0.2) is 18.2 Å². The first-order valence-electron chi connectivity index (χ1n) is 7.85. The summed E-state index contributed by atoms with van der Waals surface area (Å²) in [5, 5.41) is 0. The fourth-order valence-electron chi connectivity index (χ4n) is 2.94. The number of amides is 1. The van der Waals surface area contributed by atoms with E-state index in [0.29, 0.717) is 25.5 Å². The zero-order valence-electron chi connectivity index (χ0n) is 13.4. The zero-order valence-corrected chi connectivity index (χ0v) is 13.4. The molecule has 2 aliphatic rings. The molecule has 1 saturated heterocycles. The van der Waals surface area contributed by atoms with Gasteiger partial charge >= 0.3 is 0 Å². The fraction of sp³-hybridized carbons (Fsp3) is 0.588. The monoisotopic (exact) mass is 305 g/mol. The Morgan fingerprint density at radius 1 is 1.18 bits per heavy atom. The van der Waals surface area contributed by atoms with Gasteiger partial charge in [-0.3, -0.25) is 4.79 Å². The Morgan fingerprint density at radius 2 is 1.86 bits per heavy atom. The summed E-state index contributed by atoms with van der Waals surface area (Å²) in [6.45, 7) is 8.24. The van der Waals surface area contributed by atoms with E-state index < -0.39 is 5.79 Å². The molecule has 0 unspecified atom stereocenters. The van der Waals surface area contributed by atoms with Gasteiger partial charge in [-0.15, -0.1) is 0 Å². The number of nitrogens with zero attached hydrogens (tertiary/aromatic N) is 1. The molecule has 0 aliphatic carbocycles. The molecular formula is C17H23NO4. The van der Waals surface area contributed by atoms with Crippen molar-refractivity contribution < 1.29 is 19.0 Å². The molecule has 0 bridgehead atoms. The molecule has 2 aliphatic heterocycles. The lowest BCUT2D eigenvalue weighted by Crippen LogP contribution is -2.48. The van der Waals surface area contributed by atoms with Crippen LogP contribution in [0, 0.1) is 5.41 Å². The highest BCUT2D eigenvalue weighted by Crippen LogP contribution is 2.44. The van der Waals surface area contributed by atoms with E-state index in [2.05, 4.69) is 6.92 Å². The molecule has 1 aromatic rings. The summed E-state index contributed by atoms with van der Waals surface area (Å²) in [6.07, 6.45) is 2.43. The first kappa shape index (κ1) is 15.2. The van der Waals surface area contributed by atoms with Crippen LogP contribution in [0.1, 0.15) is 33.6 Å². The van der Waals surface area contributed by atoms with Gasteiger partial charge < -0.3 is 19.1 Å². The maximum absolute atomic E-state index is 11.5. The van der Waals surface area contributed by atoms with Crippen LogP contribution < -0.4 is 14.4 Å². The van der Waals surface area contributed by atoms with Gasteiger partial charge in [0.25, 0.3) is 5.79 Å². The minimum atomic E-state index is -0.569. The minimum Gasteiger partial charge on any atom is -0.448 e. The predicted molar refractivity (Wildman–Crippen MR) is 83.3 cm³/mol. The number of carbonyl (C=O) groups is 1. The maximum atomic E-state index is 11.5. The molecule has 0 spiro atoms. The van der Waals surface area contributed by atoms with Crippen LogP contribution in [0.4, 0.5) is 5.69 Å². The second-order valence-electron chi connectivity index (χ2n) is 6.49. The first-order chi connectivity index (χ1) is 10.5. The first-order valence-corrected chi connectivity index (χ1v) is 7.85. The molecule has 0 aromatic heterocycles. The number of carbonyl (C=O) groups excluding carboxylic acids is 1. The Balaban J connectivity index is 1.81. The molecule has 5 heteroatoms. The summed E-state index contributed by atoms with van der Waals surface area (Å²) in [5.74, 6) is 0.889. The van der Waals surface area contributed by atoms with Gasteiger partial charge in [0.1, 0.15) is 0 Å². The number of hydrogen-bond donors (Lipinski definition) is 0. The average Bonchev–Trinajstić information content (AvgIpc) is 2.89. The van der Waals surface area contributed by atoms with Crippen molar-refractivity contribution in [1.82, 2.24) is 0 Å². The molecule has 120 valence electrons. The standard InChI is InChI=1S/C17H23NO4/c1-4-17(5-2)21-14-7-6-13(8-15(14)22-17)18(12-19)9-16(3)10-20-11-16/h6-8,12H,4-5,9-11H2,1-3H3. The van der Waals surface area contributed by atoms with Gasteiger partial charge in [0, 0.05) is 36.6 Å². The molecule has 0 atom stereocenters. The van der Waals surface area contributed by atoms with E-state index in [1.165, 1.54) is 0 Å². The number of hydrogen-bond acceptors (Lipinski definition) is 4. The van der Waals surface area contributed by atoms with Crippen LogP contribution in [0.5, 0.6) is 11.5 Å². The smallest absolute Gasteiger partial charge is 0.251 e. The predicted octanol–water partition coefficient (Wildman–Crippen LogP) is 2.97. The lowest BCUT2D eigenvalue weighted by molar-refractivity contribution is -0.112. The lowest BCUT2D eigenvalue weighted by atomic mass is 9.88. The maximum Gasteiger partial charge on any atom is 0.251 e. The van der Waals surface area contributed by atoms with Crippen molar-refractivity contribution in [3.05, 3.63) is 18.2 Å². The fourth-order valence-corrected chi connectivity index (χ4v) is 2.94. The molecular weight excluding hydrogens is 282 g/mol. The van der Waals surface area contributed by atoms with Gasteiger partial charge in [-0.25, -0.2) is 0 Å². The number of rotatable bonds is 6. The van der Waals surface area contributed by atoms with Crippen molar-refractivity contribution >= 4 is 12.1 Å². The molecule has 5 nitrogen and oxygen atoms in total. The summed E-state index contributed by atoms with van der Waals surface area (Å²) in [4.78, 5) is 13.2. The third-order valence-electron chi connectivity index (χ3n) is 4.51. The third kappa shape index (κ3) is 2.54. The van der Waals surface area contributed by atoms with E-state index in [1.54, 1.807) is 4.90 Å². The van der Waals surface area contributed by atoms with Crippen molar-refractivity contribution in [2.75, 3.05) is 24.7 Å². The lowest BCUT2D eigenvalue weighted by Gasteiger charge is -2.40. The molecule has 1 fully saturated rings. The number of fused-ring (bicyclic) bond motifs is 1. The zero-order chi connectivity index (χ0) is 15.8. The Morgan fingerprint density at radius 3 is 2.41 bits per heavy atom. The van der Waals surface area contributed by atoms with Gasteiger partial charge in [0.15, 0.2) is 11.5 Å². The normalized spacial score (nSPS) is 20.3. The second-order valence-corrected chi connectivity index (χ2v) is 6.49. The highest BCUT2D eigenvalue weighted by molar-refractivity contribution is 5.76. The number of anilines is 1. The van der Waals surface area contributed by atoms with E-state index in [9.17, 15) is 4.79 Å². The summed E-state index contributed by atoms with van der Waals surface area (Å²) in [6, 6.07) is 5.68. The van der Waals surface area contributed by atoms with E-state index in [-0.39, 0.29) is 5.41 Å². The molecule has 1 amide bonds. The van der Waals surface area contributed by atoms with Crippen LogP contribution in [0.25, 0.3) is 0 Å². The van der Waals surface area contributed by atoms with Crippen LogP contribution in [-0.2, 0) is 9.53 Å². The van der Waals surface area contributed by atoms with E-state index >= 15 is 0 Å². The molecule has 22 heavy (non-hydrogen) atoms. The average molecular weight is 305 g/mol. The topological polar surface area (TPSA) is 48.0 Å². The molecule has 0 saturated carbocycles. The van der Waals surface area contributed by atoms with E-state index in [4.69, 9.17) is 14.2 Å². The summed E-state index contributed by atoms with van der Waals surface area (Å²) >= 11 is 0. The summed E-state index contributed by atoms with van der Waals surface area (Å²) < 4.78 is 17.2. The highest BCUT2D eigenvalue weighted by Gasteiger charge is 2.39. The van der Waals surface area contributed by atoms with E-state index in [1.807, 2.05) is 32.0 Å². The largest absolute Gasteiger partial charge is 0.448 e. The van der Waals surface area contributed by atoms with Gasteiger partial charge in [-0.05, 0) is 12.1 Å². The van der Waals surface area contributed by atoms with Gasteiger partial charge in [-0.1, -0.05) is 20.8 Å². The van der Waals surface area contributed by atoms with Crippen molar-refractivity contribution in [3.8, 4) is 11.5 Å². The van der Waals surface area contributed by atoms with Gasteiger partial charge in [0.05, 0.1) is 13.2 Å². The van der Waals surface area contributed by atoms with Crippen molar-refractivity contribution in [2.45, 2.75) is 39.4 Å². The second kappa shape index (κ2) is 5.47. The third-order valence-corrected chi connectivity index (χ3v) is 4.51. The molecule has 0 N–H and O–H groups in total. The number of ether oxygens (including phenoxy) is 3. The summed E-state index contributed by atoms with van der Waals surface area (Å²) in [7, 11) is 0. The summed E-state index contributed by atoms with van der Waals surface area (Å²) in [5.41, 5.74) is 0.863. The molecule has 0 radical (unpaired) electrons. The molecule has 3 rings (SSSR count). The van der Waals surface area contributed by atoms with Gasteiger partial charge in [0.2, 0.25) is 6.41 Å². The molecule has 1 aromatic carbocycles. The quantitative estimate of drug-likeness (QED) is 0.758. The van der Waals surface area contributed by atoms with E-state index in [0.717, 1.165) is 30.7 Å². The molecule has 2 heterocycles. The Bertz CT molecular complexity index is 564. The Labute approximate surface area is 131 Å². The highest BCUT2D eigenvalue weighted by atomic mass is 16.7. The number of benzene rings is 1. The Kier molecular flexibility index (Phi) is 3.77. The van der Waals surface area contributed by atoms with Crippen LogP contribution >= 0.6 is 0 Å². The van der Waals surface area contributed by atoms with Crippen LogP contribution in [0.2, 0.25) is 0 Å². The van der Waals surface area contributed by atoms with Crippen molar-refractivity contribution in [3.63, 3.8) is 0 Å². The Hall–Kier alpha value is -1.75.